The Labute approximate surface area is 118 Å². The van der Waals surface area contributed by atoms with Gasteiger partial charge in [0.15, 0.2) is 5.15 Å². The number of hydrogen-bond donors (Lipinski definition) is 1. The van der Waals surface area contributed by atoms with Gasteiger partial charge in [-0.25, -0.2) is 9.36 Å². The van der Waals surface area contributed by atoms with Gasteiger partial charge in [0.25, 0.3) is 5.56 Å². The molecule has 4 nitrogen and oxygen atoms in total. The summed E-state index contributed by atoms with van der Waals surface area (Å²) >= 11 is 14.3. The molecule has 0 aliphatic rings. The third kappa shape index (κ3) is 2.23. The van der Waals surface area contributed by atoms with E-state index in [2.05, 4.69) is 15.9 Å². The van der Waals surface area contributed by atoms with Gasteiger partial charge in [0, 0.05) is 9.50 Å². The third-order valence-corrected chi connectivity index (χ3v) is 3.28. The zero-order valence-corrected chi connectivity index (χ0v) is 11.6. The second-order valence-electron chi connectivity index (χ2n) is 3.29. The van der Waals surface area contributed by atoms with E-state index in [-0.39, 0.29) is 5.69 Å². The lowest BCUT2D eigenvalue weighted by molar-refractivity contribution is 0.584. The number of aromatic amines is 1. The van der Waals surface area contributed by atoms with Crippen LogP contribution in [0.4, 0.5) is 4.39 Å². The Hall–Kier alpha value is -1.11. The fraction of sp³-hybridized carbons (Fsp3) is 0. The lowest BCUT2D eigenvalue weighted by atomic mass is 10.3. The van der Waals surface area contributed by atoms with Gasteiger partial charge in [0.2, 0.25) is 5.82 Å². The molecule has 18 heavy (non-hydrogen) atoms. The predicted molar refractivity (Wildman–Crippen MR) is 70.3 cm³/mol. The summed E-state index contributed by atoms with van der Waals surface area (Å²) in [5.74, 6) is -1.22. The average Bonchev–Trinajstić information content (AvgIpc) is 2.29. The Morgan fingerprint density at radius 3 is 2.56 bits per heavy atom. The number of hydrogen-bond acceptors (Lipinski definition) is 2. The fourth-order valence-corrected chi connectivity index (χ4v) is 2.39. The van der Waals surface area contributed by atoms with Crippen molar-refractivity contribution in [1.29, 1.82) is 0 Å². The maximum Gasteiger partial charge on any atom is 0.334 e. The molecule has 0 saturated heterocycles. The van der Waals surface area contributed by atoms with E-state index in [1.807, 2.05) is 4.98 Å². The van der Waals surface area contributed by atoms with Crippen molar-refractivity contribution in [2.24, 2.45) is 0 Å². The molecule has 0 amide bonds. The van der Waals surface area contributed by atoms with Gasteiger partial charge in [0.1, 0.15) is 0 Å². The number of aromatic nitrogens is 2. The van der Waals surface area contributed by atoms with E-state index in [9.17, 15) is 14.0 Å². The van der Waals surface area contributed by atoms with E-state index >= 15 is 0 Å². The van der Waals surface area contributed by atoms with Gasteiger partial charge in [-0.15, -0.1) is 0 Å². The Kier molecular flexibility index (Phi) is 3.61. The molecule has 2 rings (SSSR count). The molecule has 0 radical (unpaired) electrons. The van der Waals surface area contributed by atoms with Crippen LogP contribution in [-0.2, 0) is 0 Å². The van der Waals surface area contributed by atoms with Crippen LogP contribution in [0, 0.1) is 5.82 Å². The summed E-state index contributed by atoms with van der Waals surface area (Å²) in [4.78, 5) is 25.4. The van der Waals surface area contributed by atoms with Gasteiger partial charge in [0.05, 0.1) is 5.69 Å². The molecule has 1 heterocycles. The van der Waals surface area contributed by atoms with Crippen LogP contribution in [0.2, 0.25) is 10.2 Å². The summed E-state index contributed by atoms with van der Waals surface area (Å²) in [6, 6.07) is 4.37. The number of halogens is 4. The number of rotatable bonds is 1. The number of H-pyrrole nitrogens is 1. The summed E-state index contributed by atoms with van der Waals surface area (Å²) in [5, 5.41) is -0.212. The minimum Gasteiger partial charge on any atom is -0.295 e. The molecule has 0 fully saturated rings. The first kappa shape index (κ1) is 13.3. The van der Waals surface area contributed by atoms with E-state index < -0.39 is 22.2 Å². The van der Waals surface area contributed by atoms with E-state index in [0.717, 1.165) is 0 Å². The molecule has 0 aliphatic heterocycles. The van der Waals surface area contributed by atoms with Crippen LogP contribution < -0.4 is 11.2 Å². The Morgan fingerprint density at radius 1 is 1.28 bits per heavy atom. The molecule has 1 aromatic heterocycles. The molecule has 0 saturated carbocycles. The number of benzene rings is 1. The molecule has 94 valence electrons. The van der Waals surface area contributed by atoms with Gasteiger partial charge in [-0.1, -0.05) is 23.2 Å². The van der Waals surface area contributed by atoms with Gasteiger partial charge < -0.3 is 0 Å². The highest BCUT2D eigenvalue weighted by atomic mass is 79.9. The van der Waals surface area contributed by atoms with Crippen LogP contribution in [0.25, 0.3) is 5.69 Å². The highest BCUT2D eigenvalue weighted by Crippen LogP contribution is 2.23. The first-order valence-electron chi connectivity index (χ1n) is 4.57. The molecule has 0 aliphatic carbocycles. The van der Waals surface area contributed by atoms with Crippen LogP contribution in [0.15, 0.2) is 32.3 Å². The van der Waals surface area contributed by atoms with E-state index in [1.165, 1.54) is 18.2 Å². The van der Waals surface area contributed by atoms with Crippen molar-refractivity contribution in [3.8, 4) is 5.69 Å². The smallest absolute Gasteiger partial charge is 0.295 e. The highest BCUT2D eigenvalue weighted by Gasteiger charge is 2.15. The molecule has 0 atom stereocenters. The summed E-state index contributed by atoms with van der Waals surface area (Å²) in [7, 11) is 0. The Bertz CT molecular complexity index is 742. The Balaban J connectivity index is 2.84. The van der Waals surface area contributed by atoms with Crippen molar-refractivity contribution in [3.63, 3.8) is 0 Å². The largest absolute Gasteiger partial charge is 0.334 e. The van der Waals surface area contributed by atoms with E-state index in [0.29, 0.717) is 14.1 Å². The SMILES string of the molecule is O=c1[nH]c(Cl)c(F)c(=O)n1-c1ccc(Cl)cc1Br. The summed E-state index contributed by atoms with van der Waals surface area (Å²) in [5.41, 5.74) is -1.80. The molecule has 8 heteroatoms. The molecule has 1 aromatic carbocycles. The van der Waals surface area contributed by atoms with Gasteiger partial charge in [-0.2, -0.15) is 4.39 Å². The quantitative estimate of drug-likeness (QED) is 0.801. The van der Waals surface area contributed by atoms with Crippen LogP contribution in [-0.4, -0.2) is 9.55 Å². The molecule has 0 spiro atoms. The van der Waals surface area contributed by atoms with Gasteiger partial charge >= 0.3 is 5.69 Å². The normalized spacial score (nSPS) is 10.7. The lowest BCUT2D eigenvalue weighted by Crippen LogP contribution is -2.36. The molecule has 0 bridgehead atoms. The van der Waals surface area contributed by atoms with Crippen LogP contribution >= 0.6 is 39.1 Å². The first-order valence-corrected chi connectivity index (χ1v) is 6.12. The predicted octanol–water partition coefficient (Wildman–Crippen LogP) is 2.73. The second kappa shape index (κ2) is 4.87. The van der Waals surface area contributed by atoms with Crippen LogP contribution in [0.1, 0.15) is 0 Å². The van der Waals surface area contributed by atoms with E-state index in [1.54, 1.807) is 0 Å². The molecule has 0 unspecified atom stereocenters. The van der Waals surface area contributed by atoms with Crippen LogP contribution in [0.5, 0.6) is 0 Å². The second-order valence-corrected chi connectivity index (χ2v) is 4.96. The minimum absolute atomic E-state index is 0.168. The van der Waals surface area contributed by atoms with Gasteiger partial charge in [-0.05, 0) is 34.1 Å². The van der Waals surface area contributed by atoms with Crippen molar-refractivity contribution >= 4 is 39.1 Å². The van der Waals surface area contributed by atoms with Crippen molar-refractivity contribution in [3.05, 3.63) is 59.5 Å². The lowest BCUT2D eigenvalue weighted by Gasteiger charge is -2.07. The molecule has 2 aromatic rings. The van der Waals surface area contributed by atoms with Crippen molar-refractivity contribution < 1.29 is 4.39 Å². The summed E-state index contributed by atoms with van der Waals surface area (Å²) in [6.45, 7) is 0. The van der Waals surface area contributed by atoms with Crippen LogP contribution in [0.3, 0.4) is 0 Å². The topological polar surface area (TPSA) is 54.9 Å². The molecule has 1 N–H and O–H groups in total. The third-order valence-electron chi connectivity index (χ3n) is 2.15. The van der Waals surface area contributed by atoms with Crippen molar-refractivity contribution in [1.82, 2.24) is 9.55 Å². The van der Waals surface area contributed by atoms with Crippen molar-refractivity contribution in [2.45, 2.75) is 0 Å². The Morgan fingerprint density at radius 2 is 1.94 bits per heavy atom. The number of nitrogens with zero attached hydrogens (tertiary/aromatic N) is 1. The highest BCUT2D eigenvalue weighted by molar-refractivity contribution is 9.10. The molecular formula is C10H4BrCl2FN2O2. The molecular weight excluding hydrogens is 350 g/mol. The maximum absolute atomic E-state index is 13.4. The van der Waals surface area contributed by atoms with Crippen molar-refractivity contribution in [2.75, 3.05) is 0 Å². The summed E-state index contributed by atoms with van der Waals surface area (Å²) in [6.07, 6.45) is 0. The zero-order chi connectivity index (χ0) is 13.4. The fourth-order valence-electron chi connectivity index (χ4n) is 1.37. The zero-order valence-electron chi connectivity index (χ0n) is 8.51. The standard InChI is InChI=1S/C10H4BrCl2FN2O2/c11-5-3-4(12)1-2-6(5)16-9(17)7(14)8(13)15-10(16)18/h1-3H,(H,15,18). The minimum atomic E-state index is -1.22. The maximum atomic E-state index is 13.4. The average molecular weight is 354 g/mol. The monoisotopic (exact) mass is 352 g/mol. The summed E-state index contributed by atoms with van der Waals surface area (Å²) < 4.78 is 14.4. The number of nitrogens with one attached hydrogen (secondary N) is 1. The van der Waals surface area contributed by atoms with Gasteiger partial charge in [-0.3, -0.25) is 9.78 Å². The van der Waals surface area contributed by atoms with E-state index in [4.69, 9.17) is 23.2 Å². The first-order chi connectivity index (χ1) is 8.41.